The van der Waals surface area contributed by atoms with Crippen LogP contribution in [-0.4, -0.2) is 48.6 Å². The van der Waals surface area contributed by atoms with Gasteiger partial charge in [-0.2, -0.15) is 0 Å². The third-order valence-electron chi connectivity index (χ3n) is 4.52. The number of carbonyl (C=O) groups is 1. The first-order valence-electron chi connectivity index (χ1n) is 8.22. The summed E-state index contributed by atoms with van der Waals surface area (Å²) in [6.07, 6.45) is 5.78. The SMILES string of the molecule is CC(C)(C)NCC1CCN(C2CCCCNC2=O)CC1. The lowest BCUT2D eigenvalue weighted by Gasteiger charge is -2.37. The van der Waals surface area contributed by atoms with Gasteiger partial charge in [0.2, 0.25) is 5.91 Å². The molecule has 2 heterocycles. The van der Waals surface area contributed by atoms with Crippen LogP contribution in [0, 0.1) is 5.92 Å². The van der Waals surface area contributed by atoms with E-state index in [1.807, 2.05) is 0 Å². The van der Waals surface area contributed by atoms with Gasteiger partial charge in [-0.05, 0) is 78.4 Å². The van der Waals surface area contributed by atoms with E-state index in [1.54, 1.807) is 0 Å². The third-order valence-corrected chi connectivity index (χ3v) is 4.52. The van der Waals surface area contributed by atoms with Crippen molar-refractivity contribution in [3.05, 3.63) is 0 Å². The van der Waals surface area contributed by atoms with Crippen LogP contribution < -0.4 is 10.6 Å². The summed E-state index contributed by atoms with van der Waals surface area (Å²) in [6, 6.07) is 0.133. The van der Waals surface area contributed by atoms with E-state index in [1.165, 1.54) is 19.3 Å². The Morgan fingerprint density at radius 3 is 2.55 bits per heavy atom. The summed E-state index contributed by atoms with van der Waals surface area (Å²) in [5.74, 6) is 1.02. The quantitative estimate of drug-likeness (QED) is 0.828. The smallest absolute Gasteiger partial charge is 0.237 e. The first-order chi connectivity index (χ1) is 9.46. The number of nitrogens with one attached hydrogen (secondary N) is 2. The molecule has 1 amide bonds. The lowest BCUT2D eigenvalue weighted by Crippen LogP contribution is -2.50. The highest BCUT2D eigenvalue weighted by Gasteiger charge is 2.30. The number of hydrogen-bond acceptors (Lipinski definition) is 3. The molecular weight excluding hydrogens is 250 g/mol. The Morgan fingerprint density at radius 2 is 1.90 bits per heavy atom. The largest absolute Gasteiger partial charge is 0.355 e. The Kier molecular flexibility index (Phi) is 5.44. The molecule has 1 unspecified atom stereocenters. The summed E-state index contributed by atoms with van der Waals surface area (Å²) in [5, 5.41) is 6.66. The van der Waals surface area contributed by atoms with Crippen molar-refractivity contribution in [3.63, 3.8) is 0 Å². The Labute approximate surface area is 123 Å². The van der Waals surface area contributed by atoms with Gasteiger partial charge in [0.25, 0.3) is 0 Å². The summed E-state index contributed by atoms with van der Waals surface area (Å²) in [4.78, 5) is 14.5. The first kappa shape index (κ1) is 15.8. The van der Waals surface area contributed by atoms with Crippen LogP contribution in [0.3, 0.4) is 0 Å². The molecule has 0 radical (unpaired) electrons. The second-order valence-corrected chi connectivity index (χ2v) is 7.41. The van der Waals surface area contributed by atoms with Crippen molar-refractivity contribution in [1.29, 1.82) is 0 Å². The van der Waals surface area contributed by atoms with Crippen molar-refractivity contribution in [2.45, 2.75) is 64.5 Å². The van der Waals surface area contributed by atoms with E-state index >= 15 is 0 Å². The Bertz CT molecular complexity index is 316. The average molecular weight is 281 g/mol. The van der Waals surface area contributed by atoms with Crippen LogP contribution in [0.25, 0.3) is 0 Å². The van der Waals surface area contributed by atoms with E-state index in [2.05, 4.69) is 36.3 Å². The molecule has 0 aromatic rings. The maximum absolute atomic E-state index is 12.1. The fourth-order valence-electron chi connectivity index (χ4n) is 3.19. The van der Waals surface area contributed by atoms with Gasteiger partial charge >= 0.3 is 0 Å². The zero-order valence-corrected chi connectivity index (χ0v) is 13.4. The number of nitrogens with zero attached hydrogens (tertiary/aromatic N) is 1. The van der Waals surface area contributed by atoms with Crippen molar-refractivity contribution in [2.24, 2.45) is 5.92 Å². The third kappa shape index (κ3) is 4.74. The second-order valence-electron chi connectivity index (χ2n) is 7.41. The minimum atomic E-state index is 0.133. The summed E-state index contributed by atoms with van der Waals surface area (Å²) >= 11 is 0. The predicted octanol–water partition coefficient (Wildman–Crippen LogP) is 1.76. The predicted molar refractivity (Wildman–Crippen MR) is 82.7 cm³/mol. The number of carbonyl (C=O) groups excluding carboxylic acids is 1. The van der Waals surface area contributed by atoms with E-state index < -0.39 is 0 Å². The van der Waals surface area contributed by atoms with Crippen LogP contribution in [0.1, 0.15) is 52.9 Å². The highest BCUT2D eigenvalue weighted by atomic mass is 16.2. The van der Waals surface area contributed by atoms with Crippen LogP contribution >= 0.6 is 0 Å². The molecule has 2 rings (SSSR count). The van der Waals surface area contributed by atoms with Crippen molar-refractivity contribution < 1.29 is 4.79 Å². The normalized spacial score (nSPS) is 27.1. The molecule has 0 aromatic carbocycles. The van der Waals surface area contributed by atoms with Gasteiger partial charge in [-0.25, -0.2) is 0 Å². The van der Waals surface area contributed by atoms with Gasteiger partial charge < -0.3 is 10.6 Å². The molecule has 1 atom stereocenters. The van der Waals surface area contributed by atoms with E-state index in [0.717, 1.165) is 44.9 Å². The molecule has 2 N–H and O–H groups in total. The number of likely N-dealkylation sites (tertiary alicyclic amines) is 1. The zero-order valence-electron chi connectivity index (χ0n) is 13.4. The molecule has 4 heteroatoms. The van der Waals surface area contributed by atoms with Gasteiger partial charge in [0.1, 0.15) is 0 Å². The molecule has 20 heavy (non-hydrogen) atoms. The fraction of sp³-hybridized carbons (Fsp3) is 0.938. The maximum Gasteiger partial charge on any atom is 0.237 e. The molecule has 4 nitrogen and oxygen atoms in total. The number of rotatable bonds is 3. The summed E-state index contributed by atoms with van der Waals surface area (Å²) in [7, 11) is 0. The Hall–Kier alpha value is -0.610. The molecule has 2 aliphatic heterocycles. The summed E-state index contributed by atoms with van der Waals surface area (Å²) in [5.41, 5.74) is 0.207. The van der Waals surface area contributed by atoms with Crippen LogP contribution in [-0.2, 0) is 4.79 Å². The van der Waals surface area contributed by atoms with E-state index in [4.69, 9.17) is 0 Å². The molecule has 0 aliphatic carbocycles. The van der Waals surface area contributed by atoms with Gasteiger partial charge in [-0.15, -0.1) is 0 Å². The minimum Gasteiger partial charge on any atom is -0.355 e. The number of piperidine rings is 1. The van der Waals surface area contributed by atoms with Gasteiger partial charge in [-0.1, -0.05) is 0 Å². The van der Waals surface area contributed by atoms with Crippen LogP contribution in [0.4, 0.5) is 0 Å². The maximum atomic E-state index is 12.1. The number of amides is 1. The minimum absolute atomic E-state index is 0.133. The van der Waals surface area contributed by atoms with Gasteiger partial charge in [0.15, 0.2) is 0 Å². The van der Waals surface area contributed by atoms with Gasteiger partial charge in [-0.3, -0.25) is 9.69 Å². The molecule has 116 valence electrons. The van der Waals surface area contributed by atoms with E-state index in [0.29, 0.717) is 0 Å². The van der Waals surface area contributed by atoms with Crippen molar-refractivity contribution in [1.82, 2.24) is 15.5 Å². The standard InChI is InChI=1S/C16H31N3O/c1-16(2,3)18-12-13-7-10-19(11-8-13)14-6-4-5-9-17-15(14)20/h13-14,18H,4-12H2,1-3H3,(H,17,20). The second kappa shape index (κ2) is 6.90. The van der Waals surface area contributed by atoms with Crippen molar-refractivity contribution in [2.75, 3.05) is 26.2 Å². The van der Waals surface area contributed by atoms with Crippen molar-refractivity contribution in [3.8, 4) is 0 Å². The Morgan fingerprint density at radius 1 is 1.20 bits per heavy atom. The molecule has 2 aliphatic rings. The van der Waals surface area contributed by atoms with Gasteiger partial charge in [0, 0.05) is 12.1 Å². The summed E-state index contributed by atoms with van der Waals surface area (Å²) < 4.78 is 0. The molecular formula is C16H31N3O. The molecule has 0 spiro atoms. The number of hydrogen-bond donors (Lipinski definition) is 2. The topological polar surface area (TPSA) is 44.4 Å². The van der Waals surface area contributed by atoms with Crippen LogP contribution in [0.15, 0.2) is 0 Å². The molecule has 0 bridgehead atoms. The molecule has 0 aromatic heterocycles. The van der Waals surface area contributed by atoms with E-state index in [-0.39, 0.29) is 17.5 Å². The monoisotopic (exact) mass is 281 g/mol. The molecule has 2 fully saturated rings. The highest BCUT2D eigenvalue weighted by Crippen LogP contribution is 2.22. The van der Waals surface area contributed by atoms with Crippen molar-refractivity contribution >= 4 is 5.91 Å². The zero-order chi connectivity index (χ0) is 14.6. The lowest BCUT2D eigenvalue weighted by molar-refractivity contribution is -0.126. The van der Waals surface area contributed by atoms with Crippen LogP contribution in [0.2, 0.25) is 0 Å². The average Bonchev–Trinajstić information content (AvgIpc) is 2.61. The Balaban J connectivity index is 1.77. The van der Waals surface area contributed by atoms with Crippen LogP contribution in [0.5, 0.6) is 0 Å². The fourth-order valence-corrected chi connectivity index (χ4v) is 3.19. The lowest BCUT2D eigenvalue weighted by atomic mass is 9.93. The molecule has 2 saturated heterocycles. The highest BCUT2D eigenvalue weighted by molar-refractivity contribution is 5.81. The first-order valence-corrected chi connectivity index (χ1v) is 8.22. The van der Waals surface area contributed by atoms with Gasteiger partial charge in [0.05, 0.1) is 6.04 Å². The van der Waals surface area contributed by atoms with E-state index in [9.17, 15) is 4.79 Å². The summed E-state index contributed by atoms with van der Waals surface area (Å²) in [6.45, 7) is 10.8. The molecule has 0 saturated carbocycles.